The highest BCUT2D eigenvalue weighted by Crippen LogP contribution is 2.29. The molecule has 1 rings (SSSR count). The molecule has 0 amide bonds. The quantitative estimate of drug-likeness (QED) is 0.602. The van der Waals surface area contributed by atoms with E-state index in [-0.39, 0.29) is 6.10 Å². The maximum Gasteiger partial charge on any atom is 0.0540 e. The van der Waals surface area contributed by atoms with Crippen LogP contribution in [-0.4, -0.2) is 11.2 Å². The van der Waals surface area contributed by atoms with Crippen molar-refractivity contribution in [3.05, 3.63) is 24.8 Å². The van der Waals surface area contributed by atoms with Gasteiger partial charge in [0.2, 0.25) is 0 Å². The van der Waals surface area contributed by atoms with E-state index in [0.717, 1.165) is 31.3 Å². The summed E-state index contributed by atoms with van der Waals surface area (Å²) in [5, 5.41) is 9.23. The molecule has 1 aliphatic rings. The average Bonchev–Trinajstić information content (AvgIpc) is 2.05. The number of rotatable bonds is 2. The molecule has 0 atom stereocenters. The molecule has 11 heavy (non-hydrogen) atoms. The summed E-state index contributed by atoms with van der Waals surface area (Å²) in [5.41, 5.74) is 1.14. The monoisotopic (exact) mass is 152 g/mol. The number of allylic oxidation sites excluding steroid dienone is 2. The number of aliphatic hydroxyl groups is 1. The third-order valence-electron chi connectivity index (χ3n) is 2.48. The second-order valence-corrected chi connectivity index (χ2v) is 3.28. The van der Waals surface area contributed by atoms with E-state index in [0.29, 0.717) is 5.92 Å². The van der Waals surface area contributed by atoms with Gasteiger partial charge in [-0.2, -0.15) is 0 Å². The fourth-order valence-corrected chi connectivity index (χ4v) is 1.61. The van der Waals surface area contributed by atoms with Crippen LogP contribution in [0.2, 0.25) is 0 Å². The lowest BCUT2D eigenvalue weighted by Gasteiger charge is -2.25. The molecule has 62 valence electrons. The summed E-state index contributed by atoms with van der Waals surface area (Å²) in [5.74, 6) is 0.580. The van der Waals surface area contributed by atoms with Gasteiger partial charge in [-0.05, 0) is 31.6 Å². The fraction of sp³-hybridized carbons (Fsp3) is 0.600. The van der Waals surface area contributed by atoms with Crippen LogP contribution in [0.3, 0.4) is 0 Å². The summed E-state index contributed by atoms with van der Waals surface area (Å²) in [7, 11) is 0. The second-order valence-electron chi connectivity index (χ2n) is 3.28. The van der Waals surface area contributed by atoms with E-state index < -0.39 is 0 Å². The first-order valence-corrected chi connectivity index (χ1v) is 4.23. The first-order chi connectivity index (χ1) is 5.24. The van der Waals surface area contributed by atoms with Crippen LogP contribution in [0, 0.1) is 5.92 Å². The topological polar surface area (TPSA) is 20.2 Å². The molecule has 0 spiro atoms. The Balaban J connectivity index is 2.38. The maximum atomic E-state index is 9.23. The molecule has 1 N–H and O–H groups in total. The Bertz CT molecular complexity index is 152. The lowest BCUT2D eigenvalue weighted by atomic mass is 9.83. The van der Waals surface area contributed by atoms with Crippen LogP contribution < -0.4 is 0 Å². The van der Waals surface area contributed by atoms with Gasteiger partial charge in [-0.15, -0.1) is 0 Å². The minimum atomic E-state index is -0.0659. The van der Waals surface area contributed by atoms with Crippen LogP contribution in [0.4, 0.5) is 0 Å². The molecular weight excluding hydrogens is 136 g/mol. The largest absolute Gasteiger partial charge is 0.393 e. The Morgan fingerprint density at radius 1 is 1.27 bits per heavy atom. The second kappa shape index (κ2) is 3.72. The van der Waals surface area contributed by atoms with Crippen LogP contribution >= 0.6 is 0 Å². The lowest BCUT2D eigenvalue weighted by Crippen LogP contribution is -2.18. The van der Waals surface area contributed by atoms with Crippen molar-refractivity contribution in [1.29, 1.82) is 0 Å². The molecule has 0 unspecified atom stereocenters. The van der Waals surface area contributed by atoms with Crippen molar-refractivity contribution in [2.24, 2.45) is 5.92 Å². The SMILES string of the molecule is C=CC(=C)C1CCC(O)CC1. The first-order valence-electron chi connectivity index (χ1n) is 4.23. The van der Waals surface area contributed by atoms with E-state index >= 15 is 0 Å². The van der Waals surface area contributed by atoms with Crippen molar-refractivity contribution >= 4 is 0 Å². The molecule has 1 aliphatic carbocycles. The number of hydrogen-bond donors (Lipinski definition) is 1. The minimum absolute atomic E-state index is 0.0659. The Hall–Kier alpha value is -0.560. The minimum Gasteiger partial charge on any atom is -0.393 e. The van der Waals surface area contributed by atoms with Gasteiger partial charge in [0.05, 0.1) is 6.10 Å². The summed E-state index contributed by atoms with van der Waals surface area (Å²) in [6.45, 7) is 7.61. The van der Waals surface area contributed by atoms with Crippen LogP contribution in [0.1, 0.15) is 25.7 Å². The average molecular weight is 152 g/mol. The highest BCUT2D eigenvalue weighted by molar-refractivity contribution is 5.15. The van der Waals surface area contributed by atoms with Gasteiger partial charge < -0.3 is 5.11 Å². The smallest absolute Gasteiger partial charge is 0.0540 e. The van der Waals surface area contributed by atoms with E-state index in [1.165, 1.54) is 0 Å². The summed E-state index contributed by atoms with van der Waals surface area (Å²) in [6.07, 6.45) is 5.78. The Morgan fingerprint density at radius 2 is 1.82 bits per heavy atom. The predicted octanol–water partition coefficient (Wildman–Crippen LogP) is 2.28. The third-order valence-corrected chi connectivity index (χ3v) is 2.48. The van der Waals surface area contributed by atoms with Gasteiger partial charge in [0.1, 0.15) is 0 Å². The molecule has 0 radical (unpaired) electrons. The molecule has 0 aromatic rings. The van der Waals surface area contributed by atoms with Gasteiger partial charge in [0.15, 0.2) is 0 Å². The van der Waals surface area contributed by atoms with Crippen molar-refractivity contribution in [2.45, 2.75) is 31.8 Å². The van der Waals surface area contributed by atoms with Gasteiger partial charge >= 0.3 is 0 Å². The van der Waals surface area contributed by atoms with Gasteiger partial charge in [0, 0.05) is 0 Å². The number of aliphatic hydroxyl groups excluding tert-OH is 1. The maximum absolute atomic E-state index is 9.23. The number of hydrogen-bond acceptors (Lipinski definition) is 1. The molecule has 0 saturated heterocycles. The third kappa shape index (κ3) is 2.19. The van der Waals surface area contributed by atoms with Gasteiger partial charge in [-0.3, -0.25) is 0 Å². The van der Waals surface area contributed by atoms with Crippen LogP contribution in [-0.2, 0) is 0 Å². The van der Waals surface area contributed by atoms with Gasteiger partial charge in [-0.1, -0.05) is 24.8 Å². The van der Waals surface area contributed by atoms with E-state index in [9.17, 15) is 5.11 Å². The van der Waals surface area contributed by atoms with Crippen LogP contribution in [0.25, 0.3) is 0 Å². The molecule has 0 aromatic heterocycles. The van der Waals surface area contributed by atoms with Crippen molar-refractivity contribution < 1.29 is 5.11 Å². The van der Waals surface area contributed by atoms with E-state index in [1.807, 2.05) is 6.08 Å². The Labute approximate surface area is 68.4 Å². The van der Waals surface area contributed by atoms with E-state index in [2.05, 4.69) is 13.2 Å². The van der Waals surface area contributed by atoms with Crippen LogP contribution in [0.5, 0.6) is 0 Å². The molecule has 0 aliphatic heterocycles. The lowest BCUT2D eigenvalue weighted by molar-refractivity contribution is 0.116. The zero-order valence-corrected chi connectivity index (χ0v) is 6.92. The molecule has 1 saturated carbocycles. The molecule has 0 aromatic carbocycles. The Morgan fingerprint density at radius 3 is 2.27 bits per heavy atom. The highest BCUT2D eigenvalue weighted by atomic mass is 16.3. The molecular formula is C10H16O. The summed E-state index contributed by atoms with van der Waals surface area (Å²) < 4.78 is 0. The van der Waals surface area contributed by atoms with Crippen molar-refractivity contribution in [1.82, 2.24) is 0 Å². The predicted molar refractivity (Wildman–Crippen MR) is 47.3 cm³/mol. The Kier molecular flexibility index (Phi) is 2.89. The first kappa shape index (κ1) is 8.54. The molecule has 1 fully saturated rings. The molecule has 1 heteroatoms. The molecule has 1 nitrogen and oxygen atoms in total. The van der Waals surface area contributed by atoms with Gasteiger partial charge in [0.25, 0.3) is 0 Å². The highest BCUT2D eigenvalue weighted by Gasteiger charge is 2.19. The molecule has 0 heterocycles. The van der Waals surface area contributed by atoms with Crippen molar-refractivity contribution in [3.8, 4) is 0 Å². The zero-order valence-electron chi connectivity index (χ0n) is 6.92. The zero-order chi connectivity index (χ0) is 8.27. The van der Waals surface area contributed by atoms with Gasteiger partial charge in [-0.25, -0.2) is 0 Å². The fourth-order valence-electron chi connectivity index (χ4n) is 1.61. The van der Waals surface area contributed by atoms with Crippen molar-refractivity contribution in [3.63, 3.8) is 0 Å². The van der Waals surface area contributed by atoms with Crippen LogP contribution in [0.15, 0.2) is 24.8 Å². The normalized spacial score (nSPS) is 31.4. The standard InChI is InChI=1S/C10H16O/c1-3-8(2)9-4-6-10(11)7-5-9/h3,9-11H,1-2,4-7H2. The summed E-state index contributed by atoms with van der Waals surface area (Å²) in [4.78, 5) is 0. The summed E-state index contributed by atoms with van der Waals surface area (Å²) in [6, 6.07) is 0. The van der Waals surface area contributed by atoms with E-state index in [4.69, 9.17) is 0 Å². The van der Waals surface area contributed by atoms with Crippen molar-refractivity contribution in [2.75, 3.05) is 0 Å². The molecule has 0 bridgehead atoms. The van der Waals surface area contributed by atoms with E-state index in [1.54, 1.807) is 0 Å². The summed E-state index contributed by atoms with van der Waals surface area (Å²) >= 11 is 0.